The summed E-state index contributed by atoms with van der Waals surface area (Å²) in [5, 5.41) is 16.2. The van der Waals surface area contributed by atoms with Gasteiger partial charge in [0.1, 0.15) is 0 Å². The van der Waals surface area contributed by atoms with Gasteiger partial charge in [0.2, 0.25) is 0 Å². The van der Waals surface area contributed by atoms with Gasteiger partial charge in [-0.3, -0.25) is 0 Å². The minimum Gasteiger partial charge on any atom is -0.396 e. The van der Waals surface area contributed by atoms with Gasteiger partial charge in [0, 0.05) is 38.3 Å². The Labute approximate surface area is 212 Å². The van der Waals surface area contributed by atoms with E-state index in [9.17, 15) is 5.11 Å². The maximum Gasteiger partial charge on any atom is 0.191 e. The van der Waals surface area contributed by atoms with Crippen LogP contribution in [0.5, 0.6) is 0 Å². The zero-order chi connectivity index (χ0) is 22.2. The van der Waals surface area contributed by atoms with E-state index in [0.29, 0.717) is 13.2 Å². The van der Waals surface area contributed by atoms with Crippen LogP contribution in [-0.2, 0) is 17.8 Å². The minimum absolute atomic E-state index is 0. The van der Waals surface area contributed by atoms with Crippen molar-refractivity contribution in [3.8, 4) is 0 Å². The van der Waals surface area contributed by atoms with Crippen molar-refractivity contribution in [2.75, 3.05) is 32.9 Å². The topological polar surface area (TPSA) is 83.7 Å². The summed E-state index contributed by atoms with van der Waals surface area (Å²) in [7, 11) is 0. The zero-order valence-electron chi connectivity index (χ0n) is 19.2. The van der Waals surface area contributed by atoms with E-state index < -0.39 is 0 Å². The third-order valence-electron chi connectivity index (χ3n) is 6.13. The van der Waals surface area contributed by atoms with Crippen LogP contribution in [0.15, 0.2) is 59.9 Å². The first-order valence-electron chi connectivity index (χ1n) is 11.4. The Hall–Kier alpha value is -2.17. The quantitative estimate of drug-likeness (QED) is 0.211. The molecule has 8 heteroatoms. The van der Waals surface area contributed by atoms with Crippen LogP contribution in [0.1, 0.15) is 30.9 Å². The molecular weight excluding hydrogens is 529 g/mol. The van der Waals surface area contributed by atoms with Crippen LogP contribution in [0.25, 0.3) is 11.0 Å². The predicted molar refractivity (Wildman–Crippen MR) is 143 cm³/mol. The number of aliphatic imine (C=N–C) groups is 1. The fourth-order valence-electron chi connectivity index (χ4n) is 4.18. The fraction of sp³-hybridized carbons (Fsp3) is 0.440. The lowest BCUT2D eigenvalue weighted by Gasteiger charge is -2.27. The second kappa shape index (κ2) is 12.3. The average molecular weight is 563 g/mol. The number of aromatic nitrogens is 2. The van der Waals surface area contributed by atoms with Crippen molar-refractivity contribution < 1.29 is 9.84 Å². The number of nitrogens with zero attached hydrogens (tertiary/aromatic N) is 3. The molecule has 0 amide bonds. The van der Waals surface area contributed by atoms with Gasteiger partial charge < -0.3 is 25.0 Å². The second-order valence-electron chi connectivity index (χ2n) is 8.50. The van der Waals surface area contributed by atoms with Gasteiger partial charge in [0.25, 0.3) is 0 Å². The smallest absolute Gasteiger partial charge is 0.191 e. The van der Waals surface area contributed by atoms with Crippen LogP contribution >= 0.6 is 24.0 Å². The first kappa shape index (κ1) is 25.5. The van der Waals surface area contributed by atoms with Crippen LogP contribution in [0.3, 0.4) is 0 Å². The van der Waals surface area contributed by atoms with Crippen molar-refractivity contribution in [3.05, 3.63) is 66.0 Å². The van der Waals surface area contributed by atoms with Gasteiger partial charge in [-0.15, -0.1) is 24.0 Å². The SMILES string of the molecule is CCNC(=NCc1ccc(Cn2cnc3ccccc32)cc1)NCC1(CCO)CCOC1.I. The highest BCUT2D eigenvalue weighted by atomic mass is 127. The molecule has 0 radical (unpaired) electrons. The molecule has 2 aromatic carbocycles. The van der Waals surface area contributed by atoms with Gasteiger partial charge in [0.05, 0.1) is 30.5 Å². The molecule has 2 heterocycles. The summed E-state index contributed by atoms with van der Waals surface area (Å²) in [5.74, 6) is 0.797. The third-order valence-corrected chi connectivity index (χ3v) is 6.13. The molecule has 1 fully saturated rings. The molecular formula is C25H34IN5O2. The molecule has 0 saturated carbocycles. The number of hydrogen-bond acceptors (Lipinski definition) is 4. The van der Waals surface area contributed by atoms with Gasteiger partial charge in [-0.05, 0) is 43.0 Å². The van der Waals surface area contributed by atoms with Crippen molar-refractivity contribution in [1.82, 2.24) is 20.2 Å². The molecule has 1 atom stereocenters. The van der Waals surface area contributed by atoms with E-state index in [4.69, 9.17) is 9.73 Å². The Balaban J connectivity index is 0.00000306. The normalized spacial score (nSPS) is 18.3. The number of ether oxygens (including phenoxy) is 1. The number of para-hydroxylation sites is 2. The third kappa shape index (κ3) is 6.68. The molecule has 3 N–H and O–H groups in total. The van der Waals surface area contributed by atoms with Crippen LogP contribution in [-0.4, -0.2) is 53.5 Å². The number of benzene rings is 2. The summed E-state index contributed by atoms with van der Waals surface area (Å²) in [4.78, 5) is 9.23. The molecule has 4 rings (SSSR count). The Bertz CT molecular complexity index is 1030. The lowest BCUT2D eigenvalue weighted by Crippen LogP contribution is -2.44. The number of hydrogen-bond donors (Lipinski definition) is 3. The molecule has 33 heavy (non-hydrogen) atoms. The molecule has 1 unspecified atom stereocenters. The number of imidazole rings is 1. The van der Waals surface area contributed by atoms with Crippen LogP contribution < -0.4 is 10.6 Å². The predicted octanol–water partition coefficient (Wildman–Crippen LogP) is 3.55. The Kier molecular flexibility index (Phi) is 9.52. The van der Waals surface area contributed by atoms with E-state index in [1.54, 1.807) is 0 Å². The van der Waals surface area contributed by atoms with Crippen molar-refractivity contribution in [2.24, 2.45) is 10.4 Å². The summed E-state index contributed by atoms with van der Waals surface area (Å²) in [6.45, 7) is 6.64. The van der Waals surface area contributed by atoms with E-state index in [1.165, 1.54) is 5.56 Å². The molecule has 0 bridgehead atoms. The minimum atomic E-state index is -0.00984. The van der Waals surface area contributed by atoms with E-state index in [2.05, 4.69) is 57.4 Å². The standard InChI is InChI=1S/C25H33N5O2.HI/c1-2-26-24(28-17-25(11-13-31)12-14-32-18-25)27-15-20-7-9-21(10-8-20)16-30-19-29-22-5-3-4-6-23(22)30;/h3-10,19,31H,2,11-18H2,1H3,(H2,26,27,28);1H. The van der Waals surface area contributed by atoms with E-state index >= 15 is 0 Å². The first-order valence-corrected chi connectivity index (χ1v) is 11.4. The number of aliphatic hydroxyl groups is 1. The van der Waals surface area contributed by atoms with E-state index in [1.807, 2.05) is 24.5 Å². The molecule has 1 saturated heterocycles. The van der Waals surface area contributed by atoms with Gasteiger partial charge >= 0.3 is 0 Å². The monoisotopic (exact) mass is 563 g/mol. The lowest BCUT2D eigenvalue weighted by molar-refractivity contribution is 0.127. The van der Waals surface area contributed by atoms with Crippen LogP contribution in [0, 0.1) is 5.41 Å². The molecule has 1 aromatic heterocycles. The van der Waals surface area contributed by atoms with E-state index in [-0.39, 0.29) is 36.0 Å². The number of guanidine groups is 1. The number of rotatable bonds is 9. The number of nitrogens with one attached hydrogen (secondary N) is 2. The highest BCUT2D eigenvalue weighted by Crippen LogP contribution is 2.31. The largest absolute Gasteiger partial charge is 0.396 e. The zero-order valence-corrected chi connectivity index (χ0v) is 21.5. The first-order chi connectivity index (χ1) is 15.7. The molecule has 1 aliphatic rings. The highest BCUT2D eigenvalue weighted by Gasteiger charge is 2.34. The van der Waals surface area contributed by atoms with Crippen molar-refractivity contribution >= 4 is 41.0 Å². The van der Waals surface area contributed by atoms with Gasteiger partial charge in [-0.25, -0.2) is 9.98 Å². The van der Waals surface area contributed by atoms with Crippen LogP contribution in [0.4, 0.5) is 0 Å². The summed E-state index contributed by atoms with van der Waals surface area (Å²) in [6, 6.07) is 16.8. The fourth-order valence-corrected chi connectivity index (χ4v) is 4.18. The van der Waals surface area contributed by atoms with Crippen molar-refractivity contribution in [3.63, 3.8) is 0 Å². The number of fused-ring (bicyclic) bond motifs is 1. The summed E-state index contributed by atoms with van der Waals surface area (Å²) >= 11 is 0. The lowest BCUT2D eigenvalue weighted by atomic mass is 9.84. The maximum absolute atomic E-state index is 9.43. The van der Waals surface area contributed by atoms with Gasteiger partial charge in [-0.1, -0.05) is 36.4 Å². The Morgan fingerprint density at radius 3 is 2.67 bits per heavy atom. The van der Waals surface area contributed by atoms with Crippen molar-refractivity contribution in [2.45, 2.75) is 32.9 Å². The molecule has 0 spiro atoms. The molecule has 3 aromatic rings. The van der Waals surface area contributed by atoms with Gasteiger partial charge in [0.15, 0.2) is 5.96 Å². The Morgan fingerprint density at radius 1 is 1.15 bits per heavy atom. The average Bonchev–Trinajstić information content (AvgIpc) is 3.45. The van der Waals surface area contributed by atoms with Gasteiger partial charge in [-0.2, -0.15) is 0 Å². The summed E-state index contributed by atoms with van der Waals surface area (Å²) < 4.78 is 7.76. The van der Waals surface area contributed by atoms with Crippen LogP contribution in [0.2, 0.25) is 0 Å². The summed E-state index contributed by atoms with van der Waals surface area (Å²) in [6.07, 6.45) is 3.61. The Morgan fingerprint density at radius 2 is 1.94 bits per heavy atom. The summed E-state index contributed by atoms with van der Waals surface area (Å²) in [5.41, 5.74) is 4.55. The number of halogens is 1. The second-order valence-corrected chi connectivity index (χ2v) is 8.50. The number of aliphatic hydroxyl groups excluding tert-OH is 1. The maximum atomic E-state index is 9.43. The van der Waals surface area contributed by atoms with E-state index in [0.717, 1.165) is 61.6 Å². The molecule has 1 aliphatic heterocycles. The highest BCUT2D eigenvalue weighted by molar-refractivity contribution is 14.0. The molecule has 0 aliphatic carbocycles. The molecule has 7 nitrogen and oxygen atoms in total. The molecule has 178 valence electrons. The van der Waals surface area contributed by atoms with Crippen molar-refractivity contribution in [1.29, 1.82) is 0 Å².